The van der Waals surface area contributed by atoms with Crippen molar-refractivity contribution in [1.29, 1.82) is 15.8 Å². The van der Waals surface area contributed by atoms with Gasteiger partial charge in [-0.2, -0.15) is 15.8 Å². The lowest BCUT2D eigenvalue weighted by Crippen LogP contribution is -2.06. The van der Waals surface area contributed by atoms with Crippen LogP contribution in [0.3, 0.4) is 0 Å². The van der Waals surface area contributed by atoms with Crippen LogP contribution in [0.2, 0.25) is 0 Å². The maximum atomic E-state index is 10.7. The van der Waals surface area contributed by atoms with Crippen LogP contribution in [-0.2, 0) is 0 Å². The molecule has 398 valence electrons. The molecule has 0 aliphatic carbocycles. The number of rotatable bonds is 10. The first-order chi connectivity index (χ1) is 42.5. The Hall–Kier alpha value is -12.3. The summed E-state index contributed by atoms with van der Waals surface area (Å²) in [5.41, 5.74) is 19.3. The molecule has 3 heterocycles. The molecule has 0 atom stereocenters. The number of nitrogens with zero attached hydrogens (tertiary/aromatic N) is 8. The van der Waals surface area contributed by atoms with Gasteiger partial charge >= 0.3 is 0 Å². The van der Waals surface area contributed by atoms with Gasteiger partial charge in [0.2, 0.25) is 0 Å². The van der Waals surface area contributed by atoms with Crippen LogP contribution >= 0.6 is 0 Å². The van der Waals surface area contributed by atoms with Crippen LogP contribution < -0.4 is 0 Å². The molecule has 86 heavy (non-hydrogen) atoms. The van der Waals surface area contributed by atoms with Gasteiger partial charge in [0, 0.05) is 38.2 Å². The van der Waals surface area contributed by atoms with Crippen molar-refractivity contribution in [3.63, 3.8) is 0 Å². The minimum atomic E-state index is 0.329. The van der Waals surface area contributed by atoms with Crippen molar-refractivity contribution >= 4 is 43.6 Å². The van der Waals surface area contributed by atoms with Gasteiger partial charge in [0.1, 0.15) is 0 Å². The highest BCUT2D eigenvalue weighted by molar-refractivity contribution is 6.13. The van der Waals surface area contributed by atoms with Gasteiger partial charge in [-0.25, -0.2) is 15.0 Å². The summed E-state index contributed by atoms with van der Waals surface area (Å²) in [5.74, 6) is 1.04. The molecule has 15 rings (SSSR count). The molecule has 0 aliphatic rings. The molecule has 0 unspecified atom stereocenters. The average Bonchev–Trinajstić information content (AvgIpc) is 2.60. The van der Waals surface area contributed by atoms with Crippen LogP contribution in [0, 0.1) is 34.0 Å². The normalized spacial score (nSPS) is 11.2. The lowest BCUT2D eigenvalue weighted by molar-refractivity contribution is 1.06. The Kier molecular flexibility index (Phi) is 12.5. The average molecular weight is 1100 g/mol. The lowest BCUT2D eigenvalue weighted by Gasteiger charge is -2.17. The van der Waals surface area contributed by atoms with Crippen LogP contribution in [-0.4, -0.2) is 24.1 Å². The Balaban J connectivity index is 0.987. The van der Waals surface area contributed by atoms with E-state index in [0.717, 1.165) is 111 Å². The van der Waals surface area contributed by atoms with Crippen molar-refractivity contribution in [3.05, 3.63) is 296 Å². The van der Waals surface area contributed by atoms with Crippen LogP contribution in [0.5, 0.6) is 0 Å². The molecular formula is C78H46N8. The zero-order chi connectivity index (χ0) is 57.7. The lowest BCUT2D eigenvalue weighted by atomic mass is 10.0. The van der Waals surface area contributed by atoms with Crippen molar-refractivity contribution in [1.82, 2.24) is 24.1 Å². The summed E-state index contributed by atoms with van der Waals surface area (Å²) in [4.78, 5) is 16.3. The SMILES string of the molecule is N#Cc1cccc(-c2ccc(-c3nc(-c4cc(C#N)ccc4-n4c5ccc(-c6ccccc6)cc5c5cc(-c6ccccc6)ccc54)nc(-c4cc(C#N)ccc4-n4c5ccc(-c6ccccc6)cc5c5cc(-c6ccccc6)ccc54)n3)cc2)c1. The number of fused-ring (bicyclic) bond motifs is 6. The number of hydrogen-bond acceptors (Lipinski definition) is 6. The third-order valence-electron chi connectivity index (χ3n) is 16.3. The first kappa shape index (κ1) is 50.7. The van der Waals surface area contributed by atoms with Gasteiger partial charge in [0.15, 0.2) is 17.5 Å². The Bertz CT molecular complexity index is 4820. The van der Waals surface area contributed by atoms with E-state index in [1.54, 1.807) is 6.07 Å². The summed E-state index contributed by atoms with van der Waals surface area (Å²) in [6.45, 7) is 0. The Morgan fingerprint density at radius 2 is 0.523 bits per heavy atom. The molecule has 0 aliphatic heterocycles. The fraction of sp³-hybridized carbons (Fsp3) is 0. The molecule has 0 amide bonds. The highest BCUT2D eigenvalue weighted by atomic mass is 15.1. The van der Waals surface area contributed by atoms with E-state index >= 15 is 0 Å². The summed E-state index contributed by atoms with van der Waals surface area (Å²) >= 11 is 0. The second kappa shape index (κ2) is 21.2. The highest BCUT2D eigenvalue weighted by Gasteiger charge is 2.25. The second-order valence-corrected chi connectivity index (χ2v) is 21.3. The van der Waals surface area contributed by atoms with Crippen LogP contribution in [0.25, 0.3) is 145 Å². The summed E-state index contributed by atoms with van der Waals surface area (Å²) in [6, 6.07) is 102. The van der Waals surface area contributed by atoms with Crippen molar-refractivity contribution in [2.75, 3.05) is 0 Å². The minimum absolute atomic E-state index is 0.329. The molecule has 8 heteroatoms. The number of hydrogen-bond donors (Lipinski definition) is 0. The third-order valence-corrected chi connectivity index (χ3v) is 16.3. The number of benzene rings is 12. The molecule has 12 aromatic carbocycles. The quantitative estimate of drug-likeness (QED) is 0.135. The van der Waals surface area contributed by atoms with Gasteiger partial charge in [-0.1, -0.05) is 182 Å². The smallest absolute Gasteiger partial charge is 0.166 e. The minimum Gasteiger partial charge on any atom is -0.308 e. The standard InChI is InChI=1S/C78H46N8/c79-47-50-14-13-23-59(40-50)57-26-28-58(29-27-57)76-82-77(68-41-51(48-80)24-34-74(68)85-70-36-30-60(53-15-5-1-6-16-53)43-64(70)65-44-61(31-37-71(65)85)54-17-7-2-8-18-54)84-78(83-76)69-42-52(49-81)25-35-75(69)86-72-38-32-62(55-19-9-3-10-20-55)45-66(72)67-46-63(33-39-73(67)86)56-21-11-4-12-22-56/h1-46H. The fourth-order valence-corrected chi connectivity index (χ4v) is 12.1. The van der Waals surface area contributed by atoms with Gasteiger partial charge in [0.25, 0.3) is 0 Å². The third kappa shape index (κ3) is 8.99. The predicted molar refractivity (Wildman–Crippen MR) is 346 cm³/mol. The summed E-state index contributed by atoms with van der Waals surface area (Å²) in [7, 11) is 0. The van der Waals surface area contributed by atoms with E-state index in [9.17, 15) is 15.8 Å². The monoisotopic (exact) mass is 1090 g/mol. The molecule has 0 spiro atoms. The van der Waals surface area contributed by atoms with Crippen molar-refractivity contribution < 1.29 is 0 Å². The molecule has 0 bridgehead atoms. The zero-order valence-corrected chi connectivity index (χ0v) is 46.1. The van der Waals surface area contributed by atoms with E-state index in [2.05, 4.69) is 197 Å². The largest absolute Gasteiger partial charge is 0.308 e. The van der Waals surface area contributed by atoms with Gasteiger partial charge < -0.3 is 9.13 Å². The van der Waals surface area contributed by atoms with Gasteiger partial charge in [-0.05, 0) is 153 Å². The van der Waals surface area contributed by atoms with E-state index < -0.39 is 0 Å². The maximum Gasteiger partial charge on any atom is 0.166 e. The summed E-state index contributed by atoms with van der Waals surface area (Å²) in [5, 5.41) is 35.5. The number of nitriles is 3. The van der Waals surface area contributed by atoms with E-state index in [4.69, 9.17) is 15.0 Å². The second-order valence-electron chi connectivity index (χ2n) is 21.3. The Morgan fingerprint density at radius 1 is 0.233 bits per heavy atom. The molecule has 15 aromatic rings. The van der Waals surface area contributed by atoms with Crippen molar-refractivity contribution in [2.24, 2.45) is 0 Å². The predicted octanol–water partition coefficient (Wildman–Crippen LogP) is 19.0. The molecule has 0 saturated carbocycles. The van der Waals surface area contributed by atoms with Crippen molar-refractivity contribution in [3.8, 4) is 119 Å². The van der Waals surface area contributed by atoms with Crippen LogP contribution in [0.15, 0.2) is 279 Å². The van der Waals surface area contributed by atoms with Gasteiger partial charge in [0.05, 0.1) is 68.3 Å². The topological polar surface area (TPSA) is 120 Å². The molecule has 0 fully saturated rings. The first-order valence-electron chi connectivity index (χ1n) is 28.3. The fourth-order valence-electron chi connectivity index (χ4n) is 12.1. The summed E-state index contributed by atoms with van der Waals surface area (Å²) in [6.07, 6.45) is 0. The zero-order valence-electron chi connectivity index (χ0n) is 46.1. The number of aromatic nitrogens is 5. The Labute approximate surface area is 495 Å². The molecule has 0 saturated heterocycles. The molecule has 0 N–H and O–H groups in total. The molecular weight excluding hydrogens is 1050 g/mol. The van der Waals surface area contributed by atoms with E-state index in [1.807, 2.05) is 103 Å². The van der Waals surface area contributed by atoms with Crippen LogP contribution in [0.1, 0.15) is 16.7 Å². The molecule has 3 aromatic heterocycles. The summed E-state index contributed by atoms with van der Waals surface area (Å²) < 4.78 is 4.51. The van der Waals surface area contributed by atoms with Gasteiger partial charge in [-0.15, -0.1) is 0 Å². The van der Waals surface area contributed by atoms with E-state index in [1.165, 1.54) is 0 Å². The maximum absolute atomic E-state index is 10.7. The molecule has 0 radical (unpaired) electrons. The first-order valence-corrected chi connectivity index (χ1v) is 28.3. The van der Waals surface area contributed by atoms with Crippen molar-refractivity contribution in [2.45, 2.75) is 0 Å². The molecule has 8 nitrogen and oxygen atoms in total. The highest BCUT2D eigenvalue weighted by Crippen LogP contribution is 2.43. The van der Waals surface area contributed by atoms with E-state index in [-0.39, 0.29) is 0 Å². The van der Waals surface area contributed by atoms with E-state index in [0.29, 0.717) is 50.9 Å². The van der Waals surface area contributed by atoms with Crippen LogP contribution in [0.4, 0.5) is 0 Å². The van der Waals surface area contributed by atoms with Gasteiger partial charge in [-0.3, -0.25) is 0 Å². The Morgan fingerprint density at radius 3 is 0.884 bits per heavy atom.